The van der Waals surface area contributed by atoms with Crippen molar-refractivity contribution in [2.75, 3.05) is 0 Å². The SMILES string of the molecule is CCC(/C=C/c1ccc(-c2ccc(-c3c(Cc4ccccc4)oc4ccccc34)cc2)cc1)C(=O)O. The summed E-state index contributed by atoms with van der Waals surface area (Å²) in [6.07, 6.45) is 4.96. The van der Waals surface area contributed by atoms with E-state index in [1.165, 1.54) is 5.56 Å². The highest BCUT2D eigenvalue weighted by atomic mass is 16.4. The first-order chi connectivity index (χ1) is 17.6. The molecule has 0 bridgehead atoms. The van der Waals surface area contributed by atoms with E-state index in [4.69, 9.17) is 4.42 Å². The van der Waals surface area contributed by atoms with Gasteiger partial charge in [-0.1, -0.05) is 116 Å². The number of aliphatic carboxylic acids is 1. The Hall–Kier alpha value is -4.37. The average molecular weight is 473 g/mol. The van der Waals surface area contributed by atoms with Crippen molar-refractivity contribution >= 4 is 23.0 Å². The van der Waals surface area contributed by atoms with Gasteiger partial charge >= 0.3 is 5.97 Å². The third kappa shape index (κ3) is 5.01. The molecule has 1 unspecified atom stereocenters. The Kier molecular flexibility index (Phi) is 6.81. The van der Waals surface area contributed by atoms with E-state index in [9.17, 15) is 9.90 Å². The first kappa shape index (κ1) is 23.4. The largest absolute Gasteiger partial charge is 0.481 e. The number of furan rings is 1. The highest BCUT2D eigenvalue weighted by Crippen LogP contribution is 2.37. The highest BCUT2D eigenvalue weighted by molar-refractivity contribution is 5.96. The lowest BCUT2D eigenvalue weighted by Crippen LogP contribution is -2.08. The molecular weight excluding hydrogens is 444 g/mol. The smallest absolute Gasteiger partial charge is 0.310 e. The minimum atomic E-state index is -0.789. The monoisotopic (exact) mass is 472 g/mol. The average Bonchev–Trinajstić information content (AvgIpc) is 3.27. The number of hydrogen-bond acceptors (Lipinski definition) is 2. The Balaban J connectivity index is 1.42. The van der Waals surface area contributed by atoms with Gasteiger partial charge in [0, 0.05) is 17.4 Å². The summed E-state index contributed by atoms with van der Waals surface area (Å²) in [4.78, 5) is 11.2. The van der Waals surface area contributed by atoms with E-state index in [2.05, 4.69) is 72.8 Å². The molecule has 0 radical (unpaired) electrons. The van der Waals surface area contributed by atoms with E-state index in [0.717, 1.165) is 51.0 Å². The van der Waals surface area contributed by atoms with Crippen molar-refractivity contribution in [3.63, 3.8) is 0 Å². The fourth-order valence-corrected chi connectivity index (χ4v) is 4.55. The van der Waals surface area contributed by atoms with Crippen LogP contribution < -0.4 is 0 Å². The summed E-state index contributed by atoms with van der Waals surface area (Å²) in [5.74, 6) is -0.274. The summed E-state index contributed by atoms with van der Waals surface area (Å²) in [7, 11) is 0. The molecule has 36 heavy (non-hydrogen) atoms. The molecule has 0 saturated carbocycles. The Labute approximate surface area is 211 Å². The van der Waals surface area contributed by atoms with Crippen LogP contribution in [0.15, 0.2) is 114 Å². The van der Waals surface area contributed by atoms with Crippen molar-refractivity contribution in [3.05, 3.63) is 126 Å². The molecule has 178 valence electrons. The van der Waals surface area contributed by atoms with Crippen LogP contribution >= 0.6 is 0 Å². The lowest BCUT2D eigenvalue weighted by Gasteiger charge is -2.07. The molecule has 1 atom stereocenters. The fraction of sp³-hybridized carbons (Fsp3) is 0.121. The number of para-hydroxylation sites is 1. The molecule has 1 aromatic heterocycles. The van der Waals surface area contributed by atoms with Crippen molar-refractivity contribution in [1.29, 1.82) is 0 Å². The van der Waals surface area contributed by atoms with Gasteiger partial charge in [-0.05, 0) is 40.3 Å². The maximum Gasteiger partial charge on any atom is 0.310 e. The minimum absolute atomic E-state index is 0.456. The first-order valence-electron chi connectivity index (χ1n) is 12.3. The molecule has 1 N–H and O–H groups in total. The molecular formula is C33H28O3. The molecule has 5 rings (SSSR count). The van der Waals surface area contributed by atoms with Crippen LogP contribution in [0.4, 0.5) is 0 Å². The summed E-state index contributed by atoms with van der Waals surface area (Å²) in [5, 5.41) is 10.4. The fourth-order valence-electron chi connectivity index (χ4n) is 4.55. The number of rotatable bonds is 8. The van der Waals surface area contributed by atoms with Gasteiger partial charge in [-0.3, -0.25) is 4.79 Å². The van der Waals surface area contributed by atoms with Crippen LogP contribution in [0.5, 0.6) is 0 Å². The molecule has 0 aliphatic carbocycles. The normalized spacial score (nSPS) is 12.2. The van der Waals surface area contributed by atoms with Gasteiger partial charge in [0.2, 0.25) is 0 Å². The first-order valence-corrected chi connectivity index (χ1v) is 12.3. The standard InChI is InChI=1S/C33H28O3/c1-2-25(33(34)35)15-12-23-13-16-26(17-14-23)27-18-20-28(21-19-27)32-29-10-6-7-11-30(29)36-31(32)22-24-8-4-3-5-9-24/h3-21,25H,2,22H2,1H3,(H,34,35)/b15-12+. The lowest BCUT2D eigenvalue weighted by atomic mass is 9.96. The summed E-state index contributed by atoms with van der Waals surface area (Å²) in [6.45, 7) is 1.88. The second-order valence-electron chi connectivity index (χ2n) is 8.97. The summed E-state index contributed by atoms with van der Waals surface area (Å²) >= 11 is 0. The highest BCUT2D eigenvalue weighted by Gasteiger charge is 2.16. The van der Waals surface area contributed by atoms with Gasteiger partial charge in [0.25, 0.3) is 0 Å². The number of fused-ring (bicyclic) bond motifs is 1. The zero-order valence-corrected chi connectivity index (χ0v) is 20.2. The van der Waals surface area contributed by atoms with Crippen molar-refractivity contribution < 1.29 is 14.3 Å². The molecule has 0 aliphatic rings. The maximum atomic E-state index is 11.2. The summed E-state index contributed by atoms with van der Waals surface area (Å²) in [5.41, 5.74) is 7.63. The van der Waals surface area contributed by atoms with E-state index in [0.29, 0.717) is 6.42 Å². The molecule has 3 nitrogen and oxygen atoms in total. The summed E-state index contributed by atoms with van der Waals surface area (Å²) in [6, 6.07) is 35.4. The van der Waals surface area contributed by atoms with Crippen LogP contribution in [0, 0.1) is 5.92 Å². The zero-order chi connectivity index (χ0) is 24.9. The van der Waals surface area contributed by atoms with Crippen LogP contribution in [0.3, 0.4) is 0 Å². The van der Waals surface area contributed by atoms with Crippen LogP contribution in [0.25, 0.3) is 39.3 Å². The molecule has 0 aliphatic heterocycles. The second-order valence-corrected chi connectivity index (χ2v) is 8.97. The van der Waals surface area contributed by atoms with Gasteiger partial charge in [0.1, 0.15) is 11.3 Å². The van der Waals surface area contributed by atoms with E-state index >= 15 is 0 Å². The quantitative estimate of drug-likeness (QED) is 0.246. The van der Waals surface area contributed by atoms with Gasteiger partial charge < -0.3 is 9.52 Å². The van der Waals surface area contributed by atoms with Gasteiger partial charge in [-0.15, -0.1) is 0 Å². The van der Waals surface area contributed by atoms with Gasteiger partial charge in [-0.2, -0.15) is 0 Å². The Morgan fingerprint density at radius 3 is 2.08 bits per heavy atom. The van der Waals surface area contributed by atoms with Crippen LogP contribution in [-0.4, -0.2) is 11.1 Å². The molecule has 1 heterocycles. The number of carboxylic acid groups (broad SMARTS) is 1. The lowest BCUT2D eigenvalue weighted by molar-refractivity contribution is -0.140. The van der Waals surface area contributed by atoms with Crippen LogP contribution in [-0.2, 0) is 11.2 Å². The van der Waals surface area contributed by atoms with E-state index in [-0.39, 0.29) is 0 Å². The van der Waals surface area contributed by atoms with Crippen LogP contribution in [0.1, 0.15) is 30.2 Å². The molecule has 0 amide bonds. The number of hydrogen-bond donors (Lipinski definition) is 1. The predicted molar refractivity (Wildman–Crippen MR) is 147 cm³/mol. The van der Waals surface area contributed by atoms with Crippen molar-refractivity contribution in [2.24, 2.45) is 5.92 Å². The third-order valence-corrected chi connectivity index (χ3v) is 6.57. The molecule has 0 saturated heterocycles. The molecule has 5 aromatic rings. The number of carboxylic acids is 1. The number of benzene rings is 4. The maximum absolute atomic E-state index is 11.2. The Morgan fingerprint density at radius 2 is 1.42 bits per heavy atom. The Morgan fingerprint density at radius 1 is 0.806 bits per heavy atom. The van der Waals surface area contributed by atoms with Crippen molar-refractivity contribution in [1.82, 2.24) is 0 Å². The Bertz CT molecular complexity index is 1490. The third-order valence-electron chi connectivity index (χ3n) is 6.57. The van der Waals surface area contributed by atoms with Gasteiger partial charge in [-0.25, -0.2) is 0 Å². The van der Waals surface area contributed by atoms with E-state index in [1.54, 1.807) is 6.08 Å². The molecule has 4 aromatic carbocycles. The minimum Gasteiger partial charge on any atom is -0.481 e. The van der Waals surface area contributed by atoms with Crippen molar-refractivity contribution in [3.8, 4) is 22.3 Å². The van der Waals surface area contributed by atoms with Crippen LogP contribution in [0.2, 0.25) is 0 Å². The molecule has 0 fully saturated rings. The number of carbonyl (C=O) groups is 1. The predicted octanol–water partition coefficient (Wildman–Crippen LogP) is 8.48. The van der Waals surface area contributed by atoms with E-state index in [1.807, 2.05) is 43.3 Å². The zero-order valence-electron chi connectivity index (χ0n) is 20.2. The van der Waals surface area contributed by atoms with Gasteiger partial charge in [0.05, 0.1) is 5.92 Å². The molecule has 0 spiro atoms. The van der Waals surface area contributed by atoms with Gasteiger partial charge in [0.15, 0.2) is 0 Å². The molecule has 3 heteroatoms. The second kappa shape index (κ2) is 10.5. The topological polar surface area (TPSA) is 50.4 Å². The van der Waals surface area contributed by atoms with E-state index < -0.39 is 11.9 Å². The van der Waals surface area contributed by atoms with Crippen molar-refractivity contribution in [2.45, 2.75) is 19.8 Å². The summed E-state index contributed by atoms with van der Waals surface area (Å²) < 4.78 is 6.30.